The van der Waals surface area contributed by atoms with Gasteiger partial charge in [-0.1, -0.05) is 6.92 Å². The van der Waals surface area contributed by atoms with Crippen molar-refractivity contribution in [2.24, 2.45) is 5.92 Å². The lowest BCUT2D eigenvalue weighted by Crippen LogP contribution is -2.27. The van der Waals surface area contributed by atoms with Crippen LogP contribution < -0.4 is 0 Å². The Balaban J connectivity index is 2.09. The summed E-state index contributed by atoms with van der Waals surface area (Å²) in [4.78, 5) is 13.2. The standard InChI is InChI=1S/C15H20FNO2/c1-2-7-17(9-11-3-4-11)10-13-8-12(15(18)19)5-6-14(13)16/h5-6,8,11H,2-4,7,9-10H2,1H3,(H,18,19). The molecule has 19 heavy (non-hydrogen) atoms. The van der Waals surface area contributed by atoms with Gasteiger partial charge in [0.2, 0.25) is 0 Å². The van der Waals surface area contributed by atoms with E-state index in [9.17, 15) is 9.18 Å². The molecule has 1 fully saturated rings. The maximum atomic E-state index is 13.8. The van der Waals surface area contributed by atoms with Crippen LogP contribution >= 0.6 is 0 Å². The number of carboxylic acid groups (broad SMARTS) is 1. The Morgan fingerprint density at radius 3 is 2.79 bits per heavy atom. The summed E-state index contributed by atoms with van der Waals surface area (Å²) in [6, 6.07) is 4.01. The first-order valence-corrected chi connectivity index (χ1v) is 6.84. The van der Waals surface area contributed by atoms with E-state index >= 15 is 0 Å². The first-order valence-electron chi connectivity index (χ1n) is 6.84. The zero-order chi connectivity index (χ0) is 13.8. The minimum Gasteiger partial charge on any atom is -0.478 e. The number of halogens is 1. The van der Waals surface area contributed by atoms with E-state index in [2.05, 4.69) is 11.8 Å². The van der Waals surface area contributed by atoms with Crippen LogP contribution in [0.15, 0.2) is 18.2 Å². The lowest BCUT2D eigenvalue weighted by Gasteiger charge is -2.22. The van der Waals surface area contributed by atoms with Crippen molar-refractivity contribution in [2.45, 2.75) is 32.7 Å². The van der Waals surface area contributed by atoms with Gasteiger partial charge in [0.1, 0.15) is 5.82 Å². The molecule has 1 aliphatic rings. The van der Waals surface area contributed by atoms with Crippen LogP contribution in [0.5, 0.6) is 0 Å². The molecule has 3 nitrogen and oxygen atoms in total. The molecule has 0 radical (unpaired) electrons. The van der Waals surface area contributed by atoms with Gasteiger partial charge in [0.25, 0.3) is 0 Å². The molecule has 1 aromatic carbocycles. The number of benzene rings is 1. The number of hydrogen-bond acceptors (Lipinski definition) is 2. The number of nitrogens with zero attached hydrogens (tertiary/aromatic N) is 1. The molecule has 0 atom stereocenters. The maximum absolute atomic E-state index is 13.8. The minimum absolute atomic E-state index is 0.152. The highest BCUT2D eigenvalue weighted by Gasteiger charge is 2.24. The van der Waals surface area contributed by atoms with Crippen molar-refractivity contribution >= 4 is 5.97 Å². The van der Waals surface area contributed by atoms with Crippen LogP contribution in [0.3, 0.4) is 0 Å². The van der Waals surface area contributed by atoms with Crippen molar-refractivity contribution in [3.05, 3.63) is 35.1 Å². The van der Waals surface area contributed by atoms with Crippen LogP contribution in [0.2, 0.25) is 0 Å². The third-order valence-electron chi connectivity index (χ3n) is 3.44. The van der Waals surface area contributed by atoms with Gasteiger partial charge < -0.3 is 5.11 Å². The van der Waals surface area contributed by atoms with E-state index in [0.29, 0.717) is 12.1 Å². The van der Waals surface area contributed by atoms with E-state index in [1.165, 1.54) is 31.0 Å². The van der Waals surface area contributed by atoms with Crippen LogP contribution in [0.1, 0.15) is 42.1 Å². The molecule has 0 unspecified atom stereocenters. The van der Waals surface area contributed by atoms with Crippen molar-refractivity contribution in [2.75, 3.05) is 13.1 Å². The molecule has 1 saturated carbocycles. The number of carbonyl (C=O) groups is 1. The summed E-state index contributed by atoms with van der Waals surface area (Å²) in [6.45, 7) is 4.51. The quantitative estimate of drug-likeness (QED) is 0.823. The molecule has 0 saturated heterocycles. The average molecular weight is 265 g/mol. The Hall–Kier alpha value is -1.42. The van der Waals surface area contributed by atoms with E-state index in [-0.39, 0.29) is 11.4 Å². The maximum Gasteiger partial charge on any atom is 0.335 e. The smallest absolute Gasteiger partial charge is 0.335 e. The van der Waals surface area contributed by atoms with Gasteiger partial charge in [-0.2, -0.15) is 0 Å². The van der Waals surface area contributed by atoms with Crippen molar-refractivity contribution in [1.29, 1.82) is 0 Å². The third-order valence-corrected chi connectivity index (χ3v) is 3.44. The fourth-order valence-electron chi connectivity index (χ4n) is 2.29. The van der Waals surface area contributed by atoms with Gasteiger partial charge in [-0.05, 0) is 49.9 Å². The summed E-state index contributed by atoms with van der Waals surface area (Å²) in [6.07, 6.45) is 3.54. The molecular weight excluding hydrogens is 245 g/mol. The van der Waals surface area contributed by atoms with Gasteiger partial charge in [-0.3, -0.25) is 4.90 Å². The van der Waals surface area contributed by atoms with Crippen molar-refractivity contribution < 1.29 is 14.3 Å². The second-order valence-electron chi connectivity index (χ2n) is 5.29. The number of rotatable bonds is 7. The third kappa shape index (κ3) is 4.03. The molecule has 1 aromatic rings. The van der Waals surface area contributed by atoms with Crippen molar-refractivity contribution in [3.63, 3.8) is 0 Å². The monoisotopic (exact) mass is 265 g/mol. The predicted octanol–water partition coefficient (Wildman–Crippen LogP) is 3.15. The van der Waals surface area contributed by atoms with Gasteiger partial charge in [0.05, 0.1) is 5.56 Å². The summed E-state index contributed by atoms with van der Waals surface area (Å²) < 4.78 is 13.8. The second kappa shape index (κ2) is 6.15. The SMILES string of the molecule is CCCN(Cc1cc(C(=O)O)ccc1F)CC1CC1. The van der Waals surface area contributed by atoms with E-state index in [1.54, 1.807) is 0 Å². The molecule has 0 heterocycles. The molecular formula is C15H20FNO2. The van der Waals surface area contributed by atoms with E-state index in [1.807, 2.05) is 0 Å². The van der Waals surface area contributed by atoms with Gasteiger partial charge in [-0.15, -0.1) is 0 Å². The summed E-state index contributed by atoms with van der Waals surface area (Å²) in [5.41, 5.74) is 0.633. The van der Waals surface area contributed by atoms with Crippen LogP contribution in [-0.4, -0.2) is 29.1 Å². The molecule has 104 valence electrons. The highest BCUT2D eigenvalue weighted by atomic mass is 19.1. The topological polar surface area (TPSA) is 40.5 Å². The van der Waals surface area contributed by atoms with E-state index < -0.39 is 5.97 Å². The molecule has 4 heteroatoms. The van der Waals surface area contributed by atoms with E-state index in [4.69, 9.17) is 5.11 Å². The summed E-state index contributed by atoms with van der Waals surface area (Å²) >= 11 is 0. The Labute approximate surface area is 113 Å². The van der Waals surface area contributed by atoms with Crippen LogP contribution in [-0.2, 0) is 6.54 Å². The highest BCUT2D eigenvalue weighted by Crippen LogP contribution is 2.30. The zero-order valence-corrected chi connectivity index (χ0v) is 11.2. The molecule has 0 amide bonds. The first-order chi connectivity index (χ1) is 9.10. The molecule has 0 spiro atoms. The molecule has 0 bridgehead atoms. The zero-order valence-electron chi connectivity index (χ0n) is 11.2. The molecule has 0 aliphatic heterocycles. The Morgan fingerprint density at radius 1 is 1.47 bits per heavy atom. The average Bonchev–Trinajstić information content (AvgIpc) is 3.16. The van der Waals surface area contributed by atoms with Crippen molar-refractivity contribution in [1.82, 2.24) is 4.90 Å². The van der Waals surface area contributed by atoms with E-state index in [0.717, 1.165) is 25.4 Å². The largest absolute Gasteiger partial charge is 0.478 e. The second-order valence-corrected chi connectivity index (χ2v) is 5.29. The first kappa shape index (κ1) is 14.0. The molecule has 0 aromatic heterocycles. The molecule has 2 rings (SSSR count). The number of hydrogen-bond donors (Lipinski definition) is 1. The van der Waals surface area contributed by atoms with Crippen molar-refractivity contribution in [3.8, 4) is 0 Å². The van der Waals surface area contributed by atoms with Gasteiger partial charge in [0.15, 0.2) is 0 Å². The Morgan fingerprint density at radius 2 is 2.21 bits per heavy atom. The normalized spacial score (nSPS) is 14.9. The van der Waals surface area contributed by atoms with Crippen LogP contribution in [0.4, 0.5) is 4.39 Å². The fraction of sp³-hybridized carbons (Fsp3) is 0.533. The van der Waals surface area contributed by atoms with Gasteiger partial charge >= 0.3 is 5.97 Å². The Bertz CT molecular complexity index is 457. The predicted molar refractivity (Wildman–Crippen MR) is 71.7 cm³/mol. The lowest BCUT2D eigenvalue weighted by atomic mass is 10.1. The molecule has 1 N–H and O–H groups in total. The summed E-state index contributed by atoms with van der Waals surface area (Å²) in [5.74, 6) is -0.579. The van der Waals surface area contributed by atoms with Crippen LogP contribution in [0.25, 0.3) is 0 Å². The lowest BCUT2D eigenvalue weighted by molar-refractivity contribution is 0.0696. The Kier molecular flexibility index (Phi) is 4.53. The van der Waals surface area contributed by atoms with Crippen LogP contribution in [0, 0.1) is 11.7 Å². The fourth-order valence-corrected chi connectivity index (χ4v) is 2.29. The summed E-state index contributed by atoms with van der Waals surface area (Å²) in [7, 11) is 0. The number of carboxylic acids is 1. The highest BCUT2D eigenvalue weighted by molar-refractivity contribution is 5.87. The van der Waals surface area contributed by atoms with Gasteiger partial charge in [0, 0.05) is 18.7 Å². The summed E-state index contributed by atoms with van der Waals surface area (Å²) in [5, 5.41) is 8.96. The molecule has 1 aliphatic carbocycles. The van der Waals surface area contributed by atoms with Gasteiger partial charge in [-0.25, -0.2) is 9.18 Å². The minimum atomic E-state index is -1.01. The number of aromatic carboxylic acids is 1.